The molecule has 2 aromatic heterocycles. The van der Waals surface area contributed by atoms with E-state index in [0.717, 1.165) is 0 Å². The van der Waals surface area contributed by atoms with Gasteiger partial charge < -0.3 is 11.1 Å². The minimum absolute atomic E-state index is 0.0346. The van der Waals surface area contributed by atoms with Crippen molar-refractivity contribution in [3.05, 3.63) is 67.5 Å². The Morgan fingerprint density at radius 1 is 1.15 bits per heavy atom. The van der Waals surface area contributed by atoms with Gasteiger partial charge in [0.1, 0.15) is 10.3 Å². The van der Waals surface area contributed by atoms with Crippen LogP contribution in [0.25, 0.3) is 5.82 Å². The van der Waals surface area contributed by atoms with E-state index in [2.05, 4.69) is 31.3 Å². The zero-order valence-electron chi connectivity index (χ0n) is 17.3. The Hall–Kier alpha value is -2.46. The Labute approximate surface area is 212 Å². The second-order valence-electron chi connectivity index (χ2n) is 7.69. The molecule has 0 radical (unpaired) electrons. The number of halogens is 4. The van der Waals surface area contributed by atoms with E-state index in [0.29, 0.717) is 4.60 Å². The molecule has 2 amide bonds. The Balaban J connectivity index is 2.02. The number of pyridine rings is 1. The van der Waals surface area contributed by atoms with Gasteiger partial charge in [-0.1, -0.05) is 48.7 Å². The molecular formula is C21H17BrCl3N5O3. The van der Waals surface area contributed by atoms with Crippen molar-refractivity contribution in [2.24, 2.45) is 11.1 Å². The highest BCUT2D eigenvalue weighted by atomic mass is 79.9. The van der Waals surface area contributed by atoms with Gasteiger partial charge in [0.2, 0.25) is 5.91 Å². The van der Waals surface area contributed by atoms with E-state index in [-0.39, 0.29) is 44.3 Å². The summed E-state index contributed by atoms with van der Waals surface area (Å²) in [6.07, 6.45) is 1.29. The van der Waals surface area contributed by atoms with Crippen LogP contribution in [0.1, 0.15) is 41.1 Å². The lowest BCUT2D eigenvalue weighted by Crippen LogP contribution is -2.33. The summed E-state index contributed by atoms with van der Waals surface area (Å²) in [4.78, 5) is 42.1. The summed E-state index contributed by atoms with van der Waals surface area (Å²) in [6.45, 7) is 3.09. The standard InChI is InChI=1S/C21H17BrCl3N5O3/c1-21(2,20(26)33)9-15(31)11-6-10(23)7-13(25)17(11)28-19(32)14-8-16(22)29-30(14)18-12(24)4-3-5-27-18/h3-8H,9H2,1-2H3,(H2,26,33)(H,28,32). The topological polar surface area (TPSA) is 120 Å². The van der Waals surface area contributed by atoms with Crippen molar-refractivity contribution in [2.75, 3.05) is 5.32 Å². The lowest BCUT2D eigenvalue weighted by atomic mass is 9.84. The quantitative estimate of drug-likeness (QED) is 0.371. The van der Waals surface area contributed by atoms with E-state index in [1.54, 1.807) is 26.0 Å². The van der Waals surface area contributed by atoms with Gasteiger partial charge in [-0.3, -0.25) is 14.4 Å². The van der Waals surface area contributed by atoms with Crippen molar-refractivity contribution in [2.45, 2.75) is 20.3 Å². The molecule has 1 aromatic carbocycles. The van der Waals surface area contributed by atoms with Gasteiger partial charge in [0.25, 0.3) is 5.91 Å². The number of nitrogens with zero attached hydrogens (tertiary/aromatic N) is 3. The van der Waals surface area contributed by atoms with Crippen LogP contribution in [0.15, 0.2) is 41.1 Å². The molecule has 3 aromatic rings. The number of primary amides is 1. The van der Waals surface area contributed by atoms with Gasteiger partial charge >= 0.3 is 0 Å². The Morgan fingerprint density at radius 3 is 2.48 bits per heavy atom. The lowest BCUT2D eigenvalue weighted by Gasteiger charge is -2.20. The molecule has 0 saturated heterocycles. The van der Waals surface area contributed by atoms with E-state index in [1.165, 1.54) is 29.1 Å². The fourth-order valence-electron chi connectivity index (χ4n) is 2.89. The summed E-state index contributed by atoms with van der Waals surface area (Å²) in [7, 11) is 0. The monoisotopic (exact) mass is 571 g/mol. The first-order valence-corrected chi connectivity index (χ1v) is 11.3. The fourth-order valence-corrected chi connectivity index (χ4v) is 4.01. The summed E-state index contributed by atoms with van der Waals surface area (Å²) in [6, 6.07) is 7.46. The van der Waals surface area contributed by atoms with Gasteiger partial charge in [-0.25, -0.2) is 9.67 Å². The summed E-state index contributed by atoms with van der Waals surface area (Å²) < 4.78 is 1.61. The Bertz CT molecular complexity index is 1280. The minimum Gasteiger partial charge on any atom is -0.369 e. The number of nitrogens with two attached hydrogens (primary N) is 1. The van der Waals surface area contributed by atoms with Crippen LogP contribution in [-0.4, -0.2) is 32.4 Å². The van der Waals surface area contributed by atoms with Gasteiger partial charge in [0.15, 0.2) is 11.6 Å². The van der Waals surface area contributed by atoms with Gasteiger partial charge in [-0.15, -0.1) is 0 Å². The van der Waals surface area contributed by atoms with E-state index in [1.807, 2.05) is 0 Å². The molecule has 172 valence electrons. The molecule has 0 atom stereocenters. The lowest BCUT2D eigenvalue weighted by molar-refractivity contribution is -0.125. The molecule has 3 rings (SSSR count). The molecule has 12 heteroatoms. The molecule has 0 bridgehead atoms. The third kappa shape index (κ3) is 5.55. The van der Waals surface area contributed by atoms with Crippen LogP contribution in [0.5, 0.6) is 0 Å². The molecule has 3 N–H and O–H groups in total. The molecule has 8 nitrogen and oxygen atoms in total. The second kappa shape index (κ2) is 9.80. The predicted octanol–water partition coefficient (Wildman–Crippen LogP) is 5.33. The van der Waals surface area contributed by atoms with E-state index in [9.17, 15) is 14.4 Å². The van der Waals surface area contributed by atoms with Crippen molar-refractivity contribution in [3.8, 4) is 5.82 Å². The SMILES string of the molecule is CC(C)(CC(=O)c1cc(Cl)cc(Cl)c1NC(=O)c1cc(Br)nn1-c1ncccc1Cl)C(N)=O. The maximum absolute atomic E-state index is 13.2. The number of Topliss-reactive ketones (excluding diaryl/α,β-unsaturated/α-hetero) is 1. The predicted molar refractivity (Wildman–Crippen MR) is 130 cm³/mol. The molecular weight excluding hydrogens is 557 g/mol. The minimum atomic E-state index is -1.12. The number of benzene rings is 1. The average molecular weight is 574 g/mol. The number of rotatable bonds is 7. The van der Waals surface area contributed by atoms with Crippen LogP contribution in [0.3, 0.4) is 0 Å². The van der Waals surface area contributed by atoms with Crippen LogP contribution >= 0.6 is 50.7 Å². The number of carbonyl (C=O) groups is 3. The Morgan fingerprint density at radius 2 is 1.85 bits per heavy atom. The van der Waals surface area contributed by atoms with Crippen molar-refractivity contribution in [1.82, 2.24) is 14.8 Å². The second-order valence-corrected chi connectivity index (χ2v) is 9.75. The van der Waals surface area contributed by atoms with Crippen molar-refractivity contribution < 1.29 is 14.4 Å². The molecule has 0 aliphatic rings. The zero-order valence-corrected chi connectivity index (χ0v) is 21.2. The molecule has 0 aliphatic heterocycles. The number of ketones is 1. The highest BCUT2D eigenvalue weighted by molar-refractivity contribution is 9.10. The number of hydrogen-bond donors (Lipinski definition) is 2. The number of carbonyl (C=O) groups excluding carboxylic acids is 3. The number of anilines is 1. The summed E-state index contributed by atoms with van der Waals surface area (Å²) in [5.41, 5.74) is 4.42. The van der Waals surface area contributed by atoms with Crippen LogP contribution in [0.4, 0.5) is 5.69 Å². The summed E-state index contributed by atoms with van der Waals surface area (Å²) >= 11 is 21.9. The number of nitrogens with one attached hydrogen (secondary N) is 1. The maximum Gasteiger partial charge on any atom is 0.274 e. The first-order chi connectivity index (χ1) is 15.4. The summed E-state index contributed by atoms with van der Waals surface area (Å²) in [5.74, 6) is -1.52. The first-order valence-electron chi connectivity index (χ1n) is 9.40. The highest BCUT2D eigenvalue weighted by Gasteiger charge is 2.31. The van der Waals surface area contributed by atoms with Crippen molar-refractivity contribution in [3.63, 3.8) is 0 Å². The van der Waals surface area contributed by atoms with Crippen LogP contribution in [-0.2, 0) is 4.79 Å². The third-order valence-corrected chi connectivity index (χ3v) is 5.91. The van der Waals surface area contributed by atoms with Gasteiger partial charge in [-0.05, 0) is 40.2 Å². The van der Waals surface area contributed by atoms with Gasteiger partial charge in [-0.2, -0.15) is 5.10 Å². The molecule has 0 aliphatic carbocycles. The Kier molecular flexibility index (Phi) is 7.48. The largest absolute Gasteiger partial charge is 0.369 e. The highest BCUT2D eigenvalue weighted by Crippen LogP contribution is 2.34. The number of amides is 2. The van der Waals surface area contributed by atoms with Crippen LogP contribution in [0.2, 0.25) is 15.1 Å². The smallest absolute Gasteiger partial charge is 0.274 e. The van der Waals surface area contributed by atoms with Crippen molar-refractivity contribution >= 4 is 74.0 Å². The third-order valence-electron chi connectivity index (χ3n) is 4.72. The van der Waals surface area contributed by atoms with Gasteiger partial charge in [0.05, 0.1) is 21.1 Å². The number of hydrogen-bond acceptors (Lipinski definition) is 5. The summed E-state index contributed by atoms with van der Waals surface area (Å²) in [5, 5.41) is 7.36. The van der Waals surface area contributed by atoms with Crippen LogP contribution < -0.4 is 11.1 Å². The molecule has 0 spiro atoms. The first kappa shape index (κ1) is 25.2. The van der Waals surface area contributed by atoms with Crippen molar-refractivity contribution in [1.29, 1.82) is 0 Å². The van der Waals surface area contributed by atoms with E-state index in [4.69, 9.17) is 40.5 Å². The van der Waals surface area contributed by atoms with E-state index < -0.39 is 23.0 Å². The van der Waals surface area contributed by atoms with E-state index >= 15 is 0 Å². The molecule has 0 fully saturated rings. The molecule has 2 heterocycles. The molecule has 0 unspecified atom stereocenters. The average Bonchev–Trinajstić information content (AvgIpc) is 3.11. The number of aromatic nitrogens is 3. The fraction of sp³-hybridized carbons (Fsp3) is 0.190. The molecule has 33 heavy (non-hydrogen) atoms. The van der Waals surface area contributed by atoms with Gasteiger partial charge in [0, 0.05) is 29.3 Å². The molecule has 0 saturated carbocycles. The van der Waals surface area contributed by atoms with Crippen LogP contribution in [0, 0.1) is 5.41 Å². The zero-order chi connectivity index (χ0) is 24.5. The maximum atomic E-state index is 13.2. The normalized spacial score (nSPS) is 11.3.